The summed E-state index contributed by atoms with van der Waals surface area (Å²) in [5, 5.41) is 36.4. The molecular weight excluding hydrogens is 542 g/mol. The first-order valence-electron chi connectivity index (χ1n) is 13.6. The molecule has 1 aliphatic rings. The van der Waals surface area contributed by atoms with Gasteiger partial charge in [-0.05, 0) is 29.0 Å². The number of hydrogen-bond acceptors (Lipinski definition) is 7. The van der Waals surface area contributed by atoms with Crippen LogP contribution >= 0.6 is 0 Å². The number of carbonyl (C=O) groups excluding carboxylic acids is 2. The second-order valence-electron chi connectivity index (χ2n) is 10.7. The van der Waals surface area contributed by atoms with Crippen molar-refractivity contribution in [1.82, 2.24) is 14.9 Å². The Bertz CT molecular complexity index is 1410. The average Bonchev–Trinajstić information content (AvgIpc) is 3.05. The van der Waals surface area contributed by atoms with E-state index < -0.39 is 28.0 Å². The number of non-ortho nitro benzene ring substituents is 2. The number of benzene rings is 3. The maximum Gasteiger partial charge on any atom is 0.339 e. The summed E-state index contributed by atoms with van der Waals surface area (Å²) in [4.78, 5) is 50.7. The van der Waals surface area contributed by atoms with E-state index in [1.807, 2.05) is 44.2 Å². The molecule has 0 unspecified atom stereocenters. The molecule has 1 N–H and O–H groups in total. The van der Waals surface area contributed by atoms with Gasteiger partial charge in [-0.3, -0.25) is 25.0 Å². The van der Waals surface area contributed by atoms with Crippen molar-refractivity contribution in [2.75, 3.05) is 6.54 Å². The third-order valence-corrected chi connectivity index (χ3v) is 7.10. The van der Waals surface area contributed by atoms with Gasteiger partial charge in [0.25, 0.3) is 11.4 Å². The predicted molar refractivity (Wildman–Crippen MR) is 154 cm³/mol. The minimum atomic E-state index is -1.12. The van der Waals surface area contributed by atoms with Gasteiger partial charge in [-0.1, -0.05) is 68.4 Å². The van der Waals surface area contributed by atoms with Crippen LogP contribution in [0.25, 0.3) is 0 Å². The monoisotopic (exact) mass is 575 g/mol. The number of urea groups is 1. The summed E-state index contributed by atoms with van der Waals surface area (Å²) in [6.45, 7) is 3.58. The molecule has 2 atom stereocenters. The van der Waals surface area contributed by atoms with Gasteiger partial charge in [0.1, 0.15) is 0 Å². The van der Waals surface area contributed by atoms with Gasteiger partial charge in [-0.15, -0.1) is 0 Å². The van der Waals surface area contributed by atoms with Crippen LogP contribution in [0.15, 0.2) is 78.9 Å². The molecule has 0 bridgehead atoms. The summed E-state index contributed by atoms with van der Waals surface area (Å²) in [5.41, 5.74) is 1.85. The number of amides is 3. The summed E-state index contributed by atoms with van der Waals surface area (Å²) >= 11 is 0. The molecule has 12 heteroatoms. The van der Waals surface area contributed by atoms with Crippen LogP contribution in [0.4, 0.5) is 16.2 Å². The number of nitro benzene ring substituents is 2. The molecule has 3 aromatic rings. The summed E-state index contributed by atoms with van der Waals surface area (Å²) < 4.78 is 0. The van der Waals surface area contributed by atoms with Gasteiger partial charge in [-0.2, -0.15) is 0 Å². The summed E-state index contributed by atoms with van der Waals surface area (Å²) in [6.07, 6.45) is -0.675. The van der Waals surface area contributed by atoms with Gasteiger partial charge in [-0.25, -0.2) is 14.8 Å². The molecule has 0 spiro atoms. The lowest BCUT2D eigenvalue weighted by atomic mass is 9.99. The molecule has 12 nitrogen and oxygen atoms in total. The van der Waals surface area contributed by atoms with Crippen molar-refractivity contribution < 1.29 is 24.5 Å². The standard InChI is InChI=1S/C30H33N5O7/c1-21(2)16-29(37)32-20-28(36)27(17-22-6-4-3-5-7-22)31(18-23-8-12-25(13-9-23)34(39)40)30(38)33(32)19-24-10-14-26(15-11-24)35(41)42/h3-15,21,27-28,36H,16-20H2,1-2H3/t27-,28-/m1/s1. The Hall–Kier alpha value is -4.84. The van der Waals surface area contributed by atoms with Crippen molar-refractivity contribution in [1.29, 1.82) is 0 Å². The van der Waals surface area contributed by atoms with Crippen LogP contribution in [0.2, 0.25) is 0 Å². The Morgan fingerprint density at radius 1 is 0.857 bits per heavy atom. The lowest BCUT2D eigenvalue weighted by Gasteiger charge is -2.36. The maximum atomic E-state index is 14.4. The zero-order chi connectivity index (χ0) is 30.4. The number of carbonyl (C=O) groups is 2. The summed E-state index contributed by atoms with van der Waals surface area (Å²) in [6, 6.07) is 19.7. The molecule has 0 radical (unpaired) electrons. The fraction of sp³-hybridized carbons (Fsp3) is 0.333. The lowest BCUT2D eigenvalue weighted by molar-refractivity contribution is -0.385. The number of hydrazine groups is 1. The molecule has 0 aromatic heterocycles. The van der Waals surface area contributed by atoms with E-state index in [1.54, 1.807) is 12.1 Å². The summed E-state index contributed by atoms with van der Waals surface area (Å²) in [7, 11) is 0. The lowest BCUT2D eigenvalue weighted by Crippen LogP contribution is -2.52. The van der Waals surface area contributed by atoms with Crippen LogP contribution < -0.4 is 0 Å². The number of aliphatic hydroxyl groups is 1. The van der Waals surface area contributed by atoms with Crippen molar-refractivity contribution in [3.63, 3.8) is 0 Å². The third-order valence-electron chi connectivity index (χ3n) is 7.10. The van der Waals surface area contributed by atoms with Crippen LogP contribution in [0.1, 0.15) is 37.0 Å². The van der Waals surface area contributed by atoms with Crippen molar-refractivity contribution in [2.45, 2.75) is 51.9 Å². The van der Waals surface area contributed by atoms with E-state index in [0.29, 0.717) is 17.5 Å². The molecule has 3 aromatic carbocycles. The Kier molecular flexibility index (Phi) is 9.48. The molecule has 1 saturated heterocycles. The number of rotatable bonds is 10. The second kappa shape index (κ2) is 13.2. The van der Waals surface area contributed by atoms with Crippen molar-refractivity contribution in [2.24, 2.45) is 5.92 Å². The molecule has 0 aliphatic carbocycles. The van der Waals surface area contributed by atoms with Crippen LogP contribution in [0.5, 0.6) is 0 Å². The van der Waals surface area contributed by atoms with Crippen LogP contribution in [-0.4, -0.2) is 60.5 Å². The maximum absolute atomic E-state index is 14.4. The predicted octanol–water partition coefficient (Wildman–Crippen LogP) is 4.70. The van der Waals surface area contributed by atoms with Crippen LogP contribution in [-0.2, 0) is 24.3 Å². The highest BCUT2D eigenvalue weighted by Crippen LogP contribution is 2.27. The highest BCUT2D eigenvalue weighted by Gasteiger charge is 2.42. The molecule has 0 saturated carbocycles. The molecule has 42 heavy (non-hydrogen) atoms. The topological polar surface area (TPSA) is 150 Å². The number of hydrogen-bond donors (Lipinski definition) is 1. The van der Waals surface area contributed by atoms with Crippen molar-refractivity contribution >= 4 is 23.3 Å². The van der Waals surface area contributed by atoms with E-state index in [2.05, 4.69) is 0 Å². The molecule has 1 fully saturated rings. The molecular formula is C30H33N5O7. The Morgan fingerprint density at radius 3 is 1.88 bits per heavy atom. The minimum Gasteiger partial charge on any atom is -0.389 e. The highest BCUT2D eigenvalue weighted by molar-refractivity contribution is 5.82. The Balaban J connectivity index is 1.76. The van der Waals surface area contributed by atoms with Crippen LogP contribution in [0.3, 0.4) is 0 Å². The largest absolute Gasteiger partial charge is 0.389 e. The van der Waals surface area contributed by atoms with E-state index in [-0.39, 0.29) is 49.3 Å². The zero-order valence-electron chi connectivity index (χ0n) is 23.4. The number of nitrogens with zero attached hydrogens (tertiary/aromatic N) is 5. The van der Waals surface area contributed by atoms with Gasteiger partial charge in [0, 0.05) is 37.2 Å². The van der Waals surface area contributed by atoms with Gasteiger partial charge in [0.15, 0.2) is 0 Å². The first-order chi connectivity index (χ1) is 20.0. The highest BCUT2D eigenvalue weighted by atomic mass is 16.6. The molecule has 4 rings (SSSR count). The average molecular weight is 576 g/mol. The van der Waals surface area contributed by atoms with Gasteiger partial charge in [0.05, 0.1) is 35.1 Å². The van der Waals surface area contributed by atoms with Gasteiger partial charge < -0.3 is 10.0 Å². The van der Waals surface area contributed by atoms with Crippen LogP contribution in [0, 0.1) is 26.1 Å². The third kappa shape index (κ3) is 7.26. The van der Waals surface area contributed by atoms with E-state index in [4.69, 9.17) is 0 Å². The fourth-order valence-electron chi connectivity index (χ4n) is 4.95. The van der Waals surface area contributed by atoms with Gasteiger partial charge in [0.2, 0.25) is 5.91 Å². The van der Waals surface area contributed by atoms with E-state index >= 15 is 0 Å². The molecule has 1 aliphatic heterocycles. The smallest absolute Gasteiger partial charge is 0.339 e. The Morgan fingerprint density at radius 2 is 1.38 bits per heavy atom. The Labute approximate surface area is 243 Å². The van der Waals surface area contributed by atoms with Gasteiger partial charge >= 0.3 is 6.03 Å². The first kappa shape index (κ1) is 30.1. The normalized spacial score (nSPS) is 17.3. The van der Waals surface area contributed by atoms with Crippen molar-refractivity contribution in [3.8, 4) is 0 Å². The summed E-state index contributed by atoms with van der Waals surface area (Å²) in [5.74, 6) is -0.347. The van der Waals surface area contributed by atoms with E-state index in [9.17, 15) is 34.9 Å². The van der Waals surface area contributed by atoms with Crippen molar-refractivity contribution in [3.05, 3.63) is 116 Å². The number of aliphatic hydroxyl groups excluding tert-OH is 1. The zero-order valence-corrected chi connectivity index (χ0v) is 23.4. The molecule has 3 amide bonds. The minimum absolute atomic E-state index is 0.00875. The second-order valence-corrected chi connectivity index (χ2v) is 10.7. The molecule has 220 valence electrons. The first-order valence-corrected chi connectivity index (χ1v) is 13.6. The molecule has 1 heterocycles. The van der Waals surface area contributed by atoms with E-state index in [1.165, 1.54) is 51.3 Å². The number of nitro groups is 2. The number of β-amino-alcohol motifs (C(OH)–C–C–N with tert-alkyl or cyclic N) is 1. The fourth-order valence-corrected chi connectivity index (χ4v) is 4.95. The van der Waals surface area contributed by atoms with E-state index in [0.717, 1.165) is 5.56 Å². The SMILES string of the molecule is CC(C)CC(=O)N1C[C@@H](O)[C@@H](Cc2ccccc2)N(Cc2ccc([N+](=O)[O-])cc2)C(=O)N1Cc1ccc([N+](=O)[O-])cc1. The quantitative estimate of drug-likeness (QED) is 0.272.